The summed E-state index contributed by atoms with van der Waals surface area (Å²) in [6.07, 6.45) is 2.50. The summed E-state index contributed by atoms with van der Waals surface area (Å²) < 4.78 is 18.6. The fourth-order valence-corrected chi connectivity index (χ4v) is 2.02. The topological polar surface area (TPSA) is 105 Å². The van der Waals surface area contributed by atoms with Crippen molar-refractivity contribution in [3.05, 3.63) is 42.5 Å². The van der Waals surface area contributed by atoms with Crippen molar-refractivity contribution in [2.75, 3.05) is 17.2 Å². The van der Waals surface area contributed by atoms with E-state index in [1.54, 1.807) is 26.8 Å². The molecule has 0 atom stereocenters. The minimum absolute atomic E-state index is 0.0257. The van der Waals surface area contributed by atoms with Crippen LogP contribution in [0.4, 0.5) is 26.5 Å². The molecule has 1 aromatic heterocycles. The van der Waals surface area contributed by atoms with Crippen LogP contribution in [0.2, 0.25) is 0 Å². The van der Waals surface area contributed by atoms with E-state index in [1.807, 2.05) is 0 Å². The lowest BCUT2D eigenvalue weighted by molar-refractivity contribution is -0.116. The molecule has 0 spiro atoms. The number of carbonyl (C=O) groups is 2. The van der Waals surface area contributed by atoms with Crippen molar-refractivity contribution in [2.24, 2.45) is 0 Å². The number of carbonyl (C=O) groups excluding carboxylic acids is 2. The van der Waals surface area contributed by atoms with Crippen LogP contribution in [0.5, 0.6) is 0 Å². The molecule has 0 radical (unpaired) electrons. The zero-order valence-electron chi connectivity index (χ0n) is 15.4. The third kappa shape index (κ3) is 7.27. The Balaban J connectivity index is 1.92. The number of amides is 2. The van der Waals surface area contributed by atoms with Gasteiger partial charge in [-0.25, -0.2) is 19.2 Å². The lowest BCUT2D eigenvalue weighted by Crippen LogP contribution is -2.34. The molecule has 27 heavy (non-hydrogen) atoms. The highest BCUT2D eigenvalue weighted by atomic mass is 19.1. The molecule has 144 valence electrons. The zero-order valence-corrected chi connectivity index (χ0v) is 15.4. The Morgan fingerprint density at radius 1 is 1.15 bits per heavy atom. The molecule has 0 aliphatic heterocycles. The van der Waals surface area contributed by atoms with Crippen LogP contribution in [-0.2, 0) is 9.53 Å². The fraction of sp³-hybridized carbons (Fsp3) is 0.333. The Hall–Kier alpha value is -3.23. The van der Waals surface area contributed by atoms with Crippen LogP contribution in [0.25, 0.3) is 0 Å². The van der Waals surface area contributed by atoms with Crippen LogP contribution >= 0.6 is 0 Å². The first-order valence-corrected chi connectivity index (χ1v) is 8.33. The summed E-state index contributed by atoms with van der Waals surface area (Å²) in [5, 5.41) is 8.02. The minimum atomic E-state index is -0.611. The molecule has 1 aromatic carbocycles. The summed E-state index contributed by atoms with van der Waals surface area (Å²) in [7, 11) is 0. The largest absolute Gasteiger partial charge is 0.444 e. The molecule has 0 bridgehead atoms. The molecule has 0 aliphatic carbocycles. The molecular formula is C18H22FN5O3. The lowest BCUT2D eigenvalue weighted by atomic mass is 10.2. The van der Waals surface area contributed by atoms with Gasteiger partial charge in [0.25, 0.3) is 0 Å². The summed E-state index contributed by atoms with van der Waals surface area (Å²) in [4.78, 5) is 31.7. The fourth-order valence-electron chi connectivity index (χ4n) is 2.02. The number of halogens is 1. The Kier molecular flexibility index (Phi) is 6.64. The maximum atomic E-state index is 13.6. The van der Waals surface area contributed by atoms with Crippen LogP contribution < -0.4 is 16.0 Å². The van der Waals surface area contributed by atoms with Crippen molar-refractivity contribution < 1.29 is 18.7 Å². The molecule has 2 aromatic rings. The van der Waals surface area contributed by atoms with Gasteiger partial charge in [-0.1, -0.05) is 0 Å². The molecule has 0 saturated carbocycles. The molecular weight excluding hydrogens is 353 g/mol. The quantitative estimate of drug-likeness (QED) is 0.716. The Morgan fingerprint density at radius 3 is 2.52 bits per heavy atom. The van der Waals surface area contributed by atoms with Gasteiger partial charge in [0.15, 0.2) is 0 Å². The van der Waals surface area contributed by atoms with Crippen molar-refractivity contribution >= 4 is 29.3 Å². The number of hydrogen-bond acceptors (Lipinski definition) is 6. The van der Waals surface area contributed by atoms with Gasteiger partial charge in [0.2, 0.25) is 11.9 Å². The van der Waals surface area contributed by atoms with Crippen LogP contribution in [0.15, 0.2) is 36.7 Å². The zero-order chi connectivity index (χ0) is 19.9. The summed E-state index contributed by atoms with van der Waals surface area (Å²) in [6.45, 7) is 5.35. The van der Waals surface area contributed by atoms with E-state index in [4.69, 9.17) is 4.74 Å². The average molecular weight is 375 g/mol. The third-order valence-electron chi connectivity index (χ3n) is 3.09. The Bertz CT molecular complexity index is 793. The highest BCUT2D eigenvalue weighted by molar-refractivity contribution is 5.94. The van der Waals surface area contributed by atoms with Crippen LogP contribution in [0, 0.1) is 5.82 Å². The van der Waals surface area contributed by atoms with Crippen molar-refractivity contribution in [2.45, 2.75) is 32.8 Å². The highest BCUT2D eigenvalue weighted by Gasteiger charge is 2.16. The first-order chi connectivity index (χ1) is 12.7. The second kappa shape index (κ2) is 8.93. The van der Waals surface area contributed by atoms with E-state index < -0.39 is 17.5 Å². The van der Waals surface area contributed by atoms with Gasteiger partial charge in [0, 0.05) is 25.4 Å². The summed E-state index contributed by atoms with van der Waals surface area (Å²) >= 11 is 0. The number of ether oxygens (including phenoxy) is 1. The number of alkyl carbamates (subject to hydrolysis) is 1. The molecule has 1 heterocycles. The predicted molar refractivity (Wildman–Crippen MR) is 99.2 cm³/mol. The third-order valence-corrected chi connectivity index (χ3v) is 3.09. The number of nitrogens with one attached hydrogen (secondary N) is 3. The number of anilines is 3. The van der Waals surface area contributed by atoms with Gasteiger partial charge < -0.3 is 20.7 Å². The van der Waals surface area contributed by atoms with Crippen LogP contribution in [-0.4, -0.2) is 34.1 Å². The molecule has 0 fully saturated rings. The average Bonchev–Trinajstić information content (AvgIpc) is 2.56. The van der Waals surface area contributed by atoms with E-state index in [2.05, 4.69) is 25.9 Å². The van der Waals surface area contributed by atoms with Crippen molar-refractivity contribution in [1.82, 2.24) is 15.3 Å². The minimum Gasteiger partial charge on any atom is -0.444 e. The standard InChI is InChI=1S/C18H22FN5O3/c1-18(2,3)27-17(26)22-10-7-15(25)23-13-6-5-12(19)11-14(13)24-16-20-8-4-9-21-16/h4-6,8-9,11H,7,10H2,1-3H3,(H,22,26)(H,23,25)(H,20,21,24). The molecule has 2 amide bonds. The smallest absolute Gasteiger partial charge is 0.407 e. The second-order valence-electron chi connectivity index (χ2n) is 6.61. The second-order valence-corrected chi connectivity index (χ2v) is 6.61. The van der Waals surface area contributed by atoms with Gasteiger partial charge in [0.1, 0.15) is 11.4 Å². The number of nitrogens with zero attached hydrogens (tertiary/aromatic N) is 2. The van der Waals surface area contributed by atoms with Gasteiger partial charge in [0.05, 0.1) is 11.4 Å². The lowest BCUT2D eigenvalue weighted by Gasteiger charge is -2.19. The normalized spacial score (nSPS) is 10.8. The maximum absolute atomic E-state index is 13.6. The van der Waals surface area contributed by atoms with E-state index >= 15 is 0 Å². The van der Waals surface area contributed by atoms with E-state index in [9.17, 15) is 14.0 Å². The maximum Gasteiger partial charge on any atom is 0.407 e. The monoisotopic (exact) mass is 375 g/mol. The molecule has 3 N–H and O–H groups in total. The van der Waals surface area contributed by atoms with E-state index in [1.165, 1.54) is 30.6 Å². The van der Waals surface area contributed by atoms with Gasteiger partial charge in [-0.05, 0) is 45.0 Å². The van der Waals surface area contributed by atoms with Crippen LogP contribution in [0.1, 0.15) is 27.2 Å². The predicted octanol–water partition coefficient (Wildman–Crippen LogP) is 3.21. The number of rotatable bonds is 6. The van der Waals surface area contributed by atoms with Crippen molar-refractivity contribution in [1.29, 1.82) is 0 Å². The number of benzene rings is 1. The first-order valence-electron chi connectivity index (χ1n) is 8.33. The van der Waals surface area contributed by atoms with Gasteiger partial charge in [-0.2, -0.15) is 0 Å². The van der Waals surface area contributed by atoms with Crippen molar-refractivity contribution in [3.63, 3.8) is 0 Å². The summed E-state index contributed by atoms with van der Waals surface area (Å²) in [6, 6.07) is 5.54. The van der Waals surface area contributed by atoms with Crippen LogP contribution in [0.3, 0.4) is 0 Å². The number of hydrogen-bond donors (Lipinski definition) is 3. The van der Waals surface area contributed by atoms with Gasteiger partial charge in [-0.15, -0.1) is 0 Å². The Morgan fingerprint density at radius 2 is 1.85 bits per heavy atom. The highest BCUT2D eigenvalue weighted by Crippen LogP contribution is 2.25. The van der Waals surface area contributed by atoms with E-state index in [0.717, 1.165) is 0 Å². The first kappa shape index (κ1) is 20.1. The summed E-state index contributed by atoms with van der Waals surface area (Å²) in [5.74, 6) is -0.557. The van der Waals surface area contributed by atoms with E-state index in [-0.39, 0.29) is 24.8 Å². The van der Waals surface area contributed by atoms with Crippen molar-refractivity contribution in [3.8, 4) is 0 Å². The molecule has 0 unspecified atom stereocenters. The van der Waals surface area contributed by atoms with Gasteiger partial charge >= 0.3 is 6.09 Å². The molecule has 0 aliphatic rings. The molecule has 8 nitrogen and oxygen atoms in total. The molecule has 0 saturated heterocycles. The number of aromatic nitrogens is 2. The Labute approximate surface area is 156 Å². The van der Waals surface area contributed by atoms with E-state index in [0.29, 0.717) is 11.4 Å². The van der Waals surface area contributed by atoms with Gasteiger partial charge in [-0.3, -0.25) is 4.79 Å². The molecule has 9 heteroatoms. The SMILES string of the molecule is CC(C)(C)OC(=O)NCCC(=O)Nc1ccc(F)cc1Nc1ncccn1. The summed E-state index contributed by atoms with van der Waals surface area (Å²) in [5.41, 5.74) is 0.0707. The molecule has 2 rings (SSSR count).